The fraction of sp³-hybridized carbons (Fsp3) is 0.375. The molecule has 0 amide bonds. The molecule has 110 valence electrons. The number of halogens is 2. The molecule has 5 heteroatoms. The Morgan fingerprint density at radius 2 is 2.14 bits per heavy atom. The second kappa shape index (κ2) is 6.60. The highest BCUT2D eigenvalue weighted by atomic mass is 127. The van der Waals surface area contributed by atoms with Gasteiger partial charge in [0.1, 0.15) is 5.82 Å². The summed E-state index contributed by atoms with van der Waals surface area (Å²) in [6.45, 7) is 3.10. The van der Waals surface area contributed by atoms with E-state index in [0.29, 0.717) is 5.92 Å². The number of rotatable bonds is 5. The fourth-order valence-electron chi connectivity index (χ4n) is 2.21. The SMILES string of the molecule is CCCNc1nc(-c2cccc(Br)c2)nc(C2CC2)c1I. The molecule has 1 saturated carbocycles. The molecule has 0 unspecified atom stereocenters. The summed E-state index contributed by atoms with van der Waals surface area (Å²) in [6, 6.07) is 8.18. The Bertz CT molecular complexity index is 656. The molecule has 21 heavy (non-hydrogen) atoms. The van der Waals surface area contributed by atoms with E-state index in [2.05, 4.69) is 62.9 Å². The van der Waals surface area contributed by atoms with E-state index in [1.165, 1.54) is 22.1 Å². The summed E-state index contributed by atoms with van der Waals surface area (Å²) in [5, 5.41) is 3.44. The van der Waals surface area contributed by atoms with Crippen LogP contribution < -0.4 is 5.32 Å². The summed E-state index contributed by atoms with van der Waals surface area (Å²) in [5.41, 5.74) is 2.27. The summed E-state index contributed by atoms with van der Waals surface area (Å²) in [5.74, 6) is 2.41. The van der Waals surface area contributed by atoms with Crippen molar-refractivity contribution in [2.45, 2.75) is 32.1 Å². The Morgan fingerprint density at radius 3 is 2.81 bits per heavy atom. The first-order chi connectivity index (χ1) is 10.2. The molecule has 1 fully saturated rings. The van der Waals surface area contributed by atoms with Gasteiger partial charge >= 0.3 is 0 Å². The molecule has 1 heterocycles. The quantitative estimate of drug-likeness (QED) is 0.626. The van der Waals surface area contributed by atoms with Crippen LogP contribution in [0.1, 0.15) is 37.8 Å². The van der Waals surface area contributed by atoms with Crippen LogP contribution in [-0.2, 0) is 0 Å². The molecule has 1 N–H and O–H groups in total. The Kier molecular flexibility index (Phi) is 4.78. The van der Waals surface area contributed by atoms with Gasteiger partial charge in [-0.3, -0.25) is 0 Å². The number of hydrogen-bond acceptors (Lipinski definition) is 3. The molecule has 1 aromatic carbocycles. The van der Waals surface area contributed by atoms with Gasteiger partial charge in [-0.15, -0.1) is 0 Å². The van der Waals surface area contributed by atoms with E-state index in [4.69, 9.17) is 9.97 Å². The minimum atomic E-state index is 0.618. The van der Waals surface area contributed by atoms with E-state index in [1.807, 2.05) is 12.1 Å². The Hall–Kier alpha value is -0.690. The van der Waals surface area contributed by atoms with Gasteiger partial charge in [-0.2, -0.15) is 0 Å². The van der Waals surface area contributed by atoms with Gasteiger partial charge in [-0.05, 0) is 54.0 Å². The molecule has 0 spiro atoms. The first-order valence-corrected chi connectivity index (χ1v) is 9.13. The van der Waals surface area contributed by atoms with Crippen molar-refractivity contribution in [1.29, 1.82) is 0 Å². The number of aromatic nitrogens is 2. The average Bonchev–Trinajstić information content (AvgIpc) is 3.31. The number of hydrogen-bond donors (Lipinski definition) is 1. The number of benzene rings is 1. The van der Waals surface area contributed by atoms with Crippen molar-refractivity contribution in [3.63, 3.8) is 0 Å². The zero-order valence-corrected chi connectivity index (χ0v) is 15.6. The van der Waals surface area contributed by atoms with Crippen LogP contribution in [0.2, 0.25) is 0 Å². The third-order valence-electron chi connectivity index (χ3n) is 3.47. The van der Waals surface area contributed by atoms with Crippen molar-refractivity contribution in [1.82, 2.24) is 9.97 Å². The molecule has 1 aromatic heterocycles. The van der Waals surface area contributed by atoms with Crippen molar-refractivity contribution < 1.29 is 0 Å². The summed E-state index contributed by atoms with van der Waals surface area (Å²) in [4.78, 5) is 9.58. The predicted molar refractivity (Wildman–Crippen MR) is 98.6 cm³/mol. The molecule has 0 atom stereocenters. The third-order valence-corrected chi connectivity index (χ3v) is 5.02. The molecule has 1 aliphatic rings. The standard InChI is InChI=1S/C16H17BrIN3/c1-2-8-19-16-13(18)14(10-6-7-10)20-15(21-16)11-4-3-5-12(17)9-11/h3-5,9-10H,2,6-8H2,1H3,(H,19,20,21). The summed E-state index contributed by atoms with van der Waals surface area (Å²) >= 11 is 5.90. The van der Waals surface area contributed by atoms with Gasteiger partial charge in [0.15, 0.2) is 5.82 Å². The monoisotopic (exact) mass is 457 g/mol. The highest BCUT2D eigenvalue weighted by Gasteiger charge is 2.29. The first-order valence-electron chi connectivity index (χ1n) is 7.26. The van der Waals surface area contributed by atoms with Crippen LogP contribution in [-0.4, -0.2) is 16.5 Å². The van der Waals surface area contributed by atoms with Gasteiger partial charge in [0.25, 0.3) is 0 Å². The number of nitrogens with zero attached hydrogens (tertiary/aromatic N) is 2. The second-order valence-corrected chi connectivity index (χ2v) is 7.30. The van der Waals surface area contributed by atoms with Crippen molar-refractivity contribution >= 4 is 44.3 Å². The van der Waals surface area contributed by atoms with Crippen LogP contribution in [0, 0.1) is 3.57 Å². The van der Waals surface area contributed by atoms with E-state index >= 15 is 0 Å². The van der Waals surface area contributed by atoms with Crippen LogP contribution in [0.5, 0.6) is 0 Å². The Balaban J connectivity index is 2.05. The van der Waals surface area contributed by atoms with Crippen LogP contribution in [0.15, 0.2) is 28.7 Å². The normalized spacial score (nSPS) is 14.2. The van der Waals surface area contributed by atoms with Crippen LogP contribution in [0.4, 0.5) is 5.82 Å². The molecular formula is C16H17BrIN3. The molecule has 2 aromatic rings. The predicted octanol–water partition coefficient (Wildman–Crippen LogP) is 5.21. The summed E-state index contributed by atoms with van der Waals surface area (Å²) < 4.78 is 2.24. The van der Waals surface area contributed by atoms with E-state index in [0.717, 1.165) is 34.6 Å². The maximum atomic E-state index is 4.83. The highest BCUT2D eigenvalue weighted by molar-refractivity contribution is 14.1. The van der Waals surface area contributed by atoms with Crippen molar-refractivity contribution in [2.75, 3.05) is 11.9 Å². The van der Waals surface area contributed by atoms with Gasteiger partial charge in [-0.1, -0.05) is 35.0 Å². The molecule has 0 bridgehead atoms. The lowest BCUT2D eigenvalue weighted by Crippen LogP contribution is -2.08. The minimum absolute atomic E-state index is 0.618. The average molecular weight is 458 g/mol. The molecule has 0 saturated heterocycles. The first kappa shape index (κ1) is 15.2. The lowest BCUT2D eigenvalue weighted by Gasteiger charge is -2.12. The largest absolute Gasteiger partial charge is 0.369 e. The third kappa shape index (κ3) is 3.56. The van der Waals surface area contributed by atoms with Gasteiger partial charge in [0, 0.05) is 22.5 Å². The maximum Gasteiger partial charge on any atom is 0.161 e. The molecule has 0 aliphatic heterocycles. The Morgan fingerprint density at radius 1 is 1.33 bits per heavy atom. The molecule has 3 nitrogen and oxygen atoms in total. The molecular weight excluding hydrogens is 441 g/mol. The van der Waals surface area contributed by atoms with Gasteiger partial charge in [0.2, 0.25) is 0 Å². The Labute approximate surface area is 147 Å². The van der Waals surface area contributed by atoms with E-state index < -0.39 is 0 Å². The van der Waals surface area contributed by atoms with Crippen molar-refractivity contribution in [2.24, 2.45) is 0 Å². The molecule has 3 rings (SSSR count). The highest BCUT2D eigenvalue weighted by Crippen LogP contribution is 2.43. The fourth-order valence-corrected chi connectivity index (χ4v) is 3.48. The smallest absolute Gasteiger partial charge is 0.161 e. The maximum absolute atomic E-state index is 4.83. The van der Waals surface area contributed by atoms with Crippen molar-refractivity contribution in [3.8, 4) is 11.4 Å². The van der Waals surface area contributed by atoms with Crippen LogP contribution >= 0.6 is 38.5 Å². The summed E-state index contributed by atoms with van der Waals surface area (Å²) in [7, 11) is 0. The van der Waals surface area contributed by atoms with E-state index in [9.17, 15) is 0 Å². The van der Waals surface area contributed by atoms with E-state index in [1.54, 1.807) is 0 Å². The van der Waals surface area contributed by atoms with Gasteiger partial charge < -0.3 is 5.32 Å². The number of nitrogens with one attached hydrogen (secondary N) is 1. The lowest BCUT2D eigenvalue weighted by molar-refractivity contribution is 0.939. The topological polar surface area (TPSA) is 37.8 Å². The lowest BCUT2D eigenvalue weighted by atomic mass is 10.2. The number of anilines is 1. The minimum Gasteiger partial charge on any atom is -0.369 e. The van der Waals surface area contributed by atoms with Crippen LogP contribution in [0.25, 0.3) is 11.4 Å². The summed E-state index contributed by atoms with van der Waals surface area (Å²) in [6.07, 6.45) is 3.58. The molecule has 1 aliphatic carbocycles. The zero-order valence-electron chi connectivity index (χ0n) is 11.9. The zero-order chi connectivity index (χ0) is 14.8. The van der Waals surface area contributed by atoms with Crippen LogP contribution in [0.3, 0.4) is 0 Å². The second-order valence-electron chi connectivity index (χ2n) is 5.31. The van der Waals surface area contributed by atoms with Gasteiger partial charge in [-0.25, -0.2) is 9.97 Å². The van der Waals surface area contributed by atoms with Gasteiger partial charge in [0.05, 0.1) is 9.26 Å². The van der Waals surface area contributed by atoms with E-state index in [-0.39, 0.29) is 0 Å². The van der Waals surface area contributed by atoms with Crippen molar-refractivity contribution in [3.05, 3.63) is 38.0 Å². The molecule has 0 radical (unpaired) electrons.